The number of rotatable bonds is 7. The number of amides is 1. The number of carbonyl (C=O) groups is 1. The van der Waals surface area contributed by atoms with Crippen LogP contribution in [0.4, 0.5) is 18.9 Å². The summed E-state index contributed by atoms with van der Waals surface area (Å²) in [7, 11) is -2.75. The summed E-state index contributed by atoms with van der Waals surface area (Å²) in [6.07, 6.45) is -4.55. The first kappa shape index (κ1) is 21.7. The van der Waals surface area contributed by atoms with Gasteiger partial charge < -0.3 is 10.1 Å². The van der Waals surface area contributed by atoms with Gasteiger partial charge in [0.25, 0.3) is 0 Å². The molecule has 2 aromatic carbocycles. The Morgan fingerprint density at radius 2 is 1.79 bits per heavy atom. The molecule has 10 heteroatoms. The van der Waals surface area contributed by atoms with Crippen LogP contribution in [0.15, 0.2) is 53.4 Å². The number of nitrogens with one attached hydrogen (secondary N) is 1. The summed E-state index contributed by atoms with van der Waals surface area (Å²) in [5.74, 6) is -0.261. The van der Waals surface area contributed by atoms with Crippen molar-refractivity contribution in [3.8, 4) is 5.75 Å². The van der Waals surface area contributed by atoms with Crippen molar-refractivity contribution in [2.45, 2.75) is 18.0 Å². The Hall–Kier alpha value is -2.59. The highest BCUT2D eigenvalue weighted by Crippen LogP contribution is 2.30. The minimum Gasteiger partial charge on any atom is -0.494 e. The smallest absolute Gasteiger partial charge is 0.416 e. The highest BCUT2D eigenvalue weighted by Gasteiger charge is 2.30. The highest BCUT2D eigenvalue weighted by molar-refractivity contribution is 7.89. The summed E-state index contributed by atoms with van der Waals surface area (Å²) in [5, 5.41) is 2.27. The van der Waals surface area contributed by atoms with Gasteiger partial charge in [-0.25, -0.2) is 8.42 Å². The number of nitrogens with zero attached hydrogens (tertiary/aromatic N) is 1. The van der Waals surface area contributed by atoms with Gasteiger partial charge in [-0.15, -0.1) is 0 Å². The summed E-state index contributed by atoms with van der Waals surface area (Å²) < 4.78 is 69.3. The van der Waals surface area contributed by atoms with Gasteiger partial charge in [0.2, 0.25) is 15.9 Å². The minimum atomic E-state index is -4.55. The molecule has 0 aliphatic rings. The predicted molar refractivity (Wildman–Crippen MR) is 97.5 cm³/mol. The summed E-state index contributed by atoms with van der Waals surface area (Å²) in [5.41, 5.74) is -0.993. The van der Waals surface area contributed by atoms with Gasteiger partial charge in [0.05, 0.1) is 23.6 Å². The van der Waals surface area contributed by atoms with Crippen molar-refractivity contribution in [1.29, 1.82) is 0 Å². The van der Waals surface area contributed by atoms with E-state index in [1.165, 1.54) is 37.4 Å². The summed E-state index contributed by atoms with van der Waals surface area (Å²) in [6.45, 7) is 1.66. The minimum absolute atomic E-state index is 0.0367. The van der Waals surface area contributed by atoms with Crippen LogP contribution in [0.3, 0.4) is 0 Å². The van der Waals surface area contributed by atoms with Crippen molar-refractivity contribution >= 4 is 21.6 Å². The van der Waals surface area contributed by atoms with Gasteiger partial charge in [0.1, 0.15) is 5.75 Å². The zero-order valence-electron chi connectivity index (χ0n) is 15.2. The van der Waals surface area contributed by atoms with E-state index in [9.17, 15) is 26.4 Å². The fourth-order valence-corrected chi connectivity index (χ4v) is 3.44. The van der Waals surface area contributed by atoms with Crippen molar-refractivity contribution in [1.82, 2.24) is 4.31 Å². The molecule has 0 aliphatic heterocycles. The van der Waals surface area contributed by atoms with E-state index in [4.69, 9.17) is 4.74 Å². The number of sulfonamides is 1. The number of hydrogen-bond donors (Lipinski definition) is 1. The molecular formula is C18H19F3N2O4S. The van der Waals surface area contributed by atoms with E-state index in [2.05, 4.69) is 5.32 Å². The first-order valence-corrected chi connectivity index (χ1v) is 9.64. The number of benzene rings is 2. The maximum Gasteiger partial charge on any atom is 0.416 e. The molecule has 0 aliphatic carbocycles. The van der Waals surface area contributed by atoms with Crippen molar-refractivity contribution in [2.75, 3.05) is 25.5 Å². The molecule has 2 rings (SSSR count). The van der Waals surface area contributed by atoms with E-state index < -0.39 is 34.2 Å². The van der Waals surface area contributed by atoms with Gasteiger partial charge in [-0.05, 0) is 49.4 Å². The molecule has 0 atom stereocenters. The Morgan fingerprint density at radius 3 is 2.36 bits per heavy atom. The maximum atomic E-state index is 12.7. The Morgan fingerprint density at radius 1 is 1.14 bits per heavy atom. The second kappa shape index (κ2) is 8.61. The molecule has 1 N–H and O–H groups in total. The molecule has 152 valence electrons. The summed E-state index contributed by atoms with van der Waals surface area (Å²) in [4.78, 5) is 12.0. The zero-order valence-corrected chi connectivity index (χ0v) is 16.0. The van der Waals surface area contributed by atoms with E-state index in [0.717, 1.165) is 22.5 Å². The van der Waals surface area contributed by atoms with Crippen LogP contribution in [0.5, 0.6) is 5.75 Å². The molecule has 0 saturated heterocycles. The van der Waals surface area contributed by atoms with E-state index >= 15 is 0 Å². The van der Waals surface area contributed by atoms with Crippen LogP contribution in [0.2, 0.25) is 0 Å². The van der Waals surface area contributed by atoms with Crippen molar-refractivity contribution in [2.24, 2.45) is 0 Å². The third-order valence-corrected chi connectivity index (χ3v) is 5.50. The fourth-order valence-electron chi connectivity index (χ4n) is 2.32. The lowest BCUT2D eigenvalue weighted by Gasteiger charge is -2.17. The summed E-state index contributed by atoms with van der Waals surface area (Å²) in [6, 6.07) is 9.77. The van der Waals surface area contributed by atoms with Crippen LogP contribution in [0.1, 0.15) is 12.5 Å². The Labute approximate surface area is 161 Å². The average Bonchev–Trinajstić information content (AvgIpc) is 2.62. The number of alkyl halides is 3. The molecule has 0 bridgehead atoms. The molecule has 0 radical (unpaired) electrons. The quantitative estimate of drug-likeness (QED) is 0.751. The first-order valence-electron chi connectivity index (χ1n) is 8.20. The van der Waals surface area contributed by atoms with Gasteiger partial charge in [-0.1, -0.05) is 6.07 Å². The van der Waals surface area contributed by atoms with E-state index in [-0.39, 0.29) is 10.6 Å². The molecule has 0 aromatic heterocycles. The lowest BCUT2D eigenvalue weighted by molar-refractivity contribution is -0.137. The third kappa shape index (κ3) is 5.46. The zero-order chi connectivity index (χ0) is 20.9. The number of likely N-dealkylation sites (N-methyl/N-ethyl adjacent to an activating group) is 1. The van der Waals surface area contributed by atoms with Crippen LogP contribution in [0.25, 0.3) is 0 Å². The lowest BCUT2D eigenvalue weighted by Crippen LogP contribution is -2.35. The van der Waals surface area contributed by atoms with Gasteiger partial charge >= 0.3 is 6.18 Å². The van der Waals surface area contributed by atoms with Crippen LogP contribution in [0, 0.1) is 0 Å². The number of halogens is 3. The molecule has 0 heterocycles. The molecule has 0 saturated carbocycles. The van der Waals surface area contributed by atoms with Crippen LogP contribution >= 0.6 is 0 Å². The van der Waals surface area contributed by atoms with Gasteiger partial charge in [-0.3, -0.25) is 4.79 Å². The number of hydrogen-bond acceptors (Lipinski definition) is 4. The topological polar surface area (TPSA) is 75.7 Å². The normalized spacial score (nSPS) is 12.1. The third-order valence-electron chi connectivity index (χ3n) is 3.68. The SMILES string of the molecule is CCOc1ccc(S(=O)(=O)N(C)CC(=O)Nc2cccc(C(F)(F)F)c2)cc1. The molecule has 1 amide bonds. The summed E-state index contributed by atoms with van der Waals surface area (Å²) >= 11 is 0. The molecule has 2 aromatic rings. The predicted octanol–water partition coefficient (Wildman–Crippen LogP) is 3.36. The Balaban J connectivity index is 2.07. The van der Waals surface area contributed by atoms with Gasteiger partial charge in [0.15, 0.2) is 0 Å². The lowest BCUT2D eigenvalue weighted by atomic mass is 10.2. The highest BCUT2D eigenvalue weighted by atomic mass is 32.2. The average molecular weight is 416 g/mol. The van der Waals surface area contributed by atoms with E-state index in [1.54, 1.807) is 6.92 Å². The molecule has 0 fully saturated rings. The standard InChI is InChI=1S/C18H19F3N2O4S/c1-3-27-15-7-9-16(10-8-15)28(25,26)23(2)12-17(24)22-14-6-4-5-13(11-14)18(19,20)21/h4-11H,3,12H2,1-2H3,(H,22,24). The molecule has 28 heavy (non-hydrogen) atoms. The van der Waals surface area contributed by atoms with Gasteiger partial charge in [0, 0.05) is 12.7 Å². The fraction of sp³-hybridized carbons (Fsp3) is 0.278. The number of anilines is 1. The molecule has 0 unspecified atom stereocenters. The molecular weight excluding hydrogens is 397 g/mol. The van der Waals surface area contributed by atoms with Crippen LogP contribution in [-0.2, 0) is 21.0 Å². The first-order chi connectivity index (χ1) is 13.0. The van der Waals surface area contributed by atoms with Crippen LogP contribution in [-0.4, -0.2) is 38.8 Å². The monoisotopic (exact) mass is 416 g/mol. The number of ether oxygens (including phenoxy) is 1. The van der Waals surface area contributed by atoms with Gasteiger partial charge in [-0.2, -0.15) is 17.5 Å². The van der Waals surface area contributed by atoms with E-state index in [0.29, 0.717) is 12.4 Å². The molecule has 0 spiro atoms. The second-order valence-electron chi connectivity index (χ2n) is 5.79. The van der Waals surface area contributed by atoms with E-state index in [1.807, 2.05) is 0 Å². The Bertz CT molecular complexity index is 929. The maximum absolute atomic E-state index is 12.7. The second-order valence-corrected chi connectivity index (χ2v) is 7.84. The largest absolute Gasteiger partial charge is 0.494 e. The van der Waals surface area contributed by atoms with Crippen molar-refractivity contribution < 1.29 is 31.1 Å². The van der Waals surface area contributed by atoms with Crippen molar-refractivity contribution in [3.63, 3.8) is 0 Å². The Kier molecular flexibility index (Phi) is 6.68. The number of carbonyl (C=O) groups excluding carboxylic acids is 1. The van der Waals surface area contributed by atoms with Crippen LogP contribution < -0.4 is 10.1 Å². The molecule has 6 nitrogen and oxygen atoms in total. The van der Waals surface area contributed by atoms with Crippen molar-refractivity contribution in [3.05, 3.63) is 54.1 Å².